The summed E-state index contributed by atoms with van der Waals surface area (Å²) in [7, 11) is 0. The van der Waals surface area contributed by atoms with Crippen LogP contribution in [-0.4, -0.2) is 38.3 Å². The number of hydrogen-bond acceptors (Lipinski definition) is 3. The molecule has 1 saturated heterocycles. The van der Waals surface area contributed by atoms with Crippen LogP contribution in [0.3, 0.4) is 0 Å². The van der Waals surface area contributed by atoms with E-state index in [1.54, 1.807) is 19.1 Å². The van der Waals surface area contributed by atoms with E-state index >= 15 is 0 Å². The van der Waals surface area contributed by atoms with Crippen molar-refractivity contribution >= 4 is 71.2 Å². The van der Waals surface area contributed by atoms with E-state index in [1.165, 1.54) is 4.90 Å². The number of nitrogens with zero attached hydrogens (tertiary/aromatic N) is 1. The largest absolute Gasteiger partial charge is 0.324 e. The third kappa shape index (κ3) is 2.71. The number of amides is 3. The number of hydrogen-bond donors (Lipinski definition) is 1. The number of imide groups is 1. The highest BCUT2D eigenvalue weighted by Crippen LogP contribution is 2.60. The van der Waals surface area contributed by atoms with Gasteiger partial charge in [-0.25, -0.2) is 0 Å². The molecule has 0 spiro atoms. The minimum Gasteiger partial charge on any atom is -0.324 e. The third-order valence-electron chi connectivity index (χ3n) is 5.90. The molecule has 1 aromatic carbocycles. The van der Waals surface area contributed by atoms with Crippen molar-refractivity contribution in [2.24, 2.45) is 23.7 Å². The lowest BCUT2D eigenvalue weighted by molar-refractivity contribution is -0.146. The van der Waals surface area contributed by atoms with Gasteiger partial charge < -0.3 is 5.32 Å². The number of anilines is 1. The summed E-state index contributed by atoms with van der Waals surface area (Å²) in [6.07, 6.45) is 0.881. The van der Waals surface area contributed by atoms with Crippen molar-refractivity contribution in [3.8, 4) is 0 Å². The molecule has 0 aromatic heterocycles. The van der Waals surface area contributed by atoms with Crippen LogP contribution in [-0.2, 0) is 14.4 Å². The molecule has 0 unspecified atom stereocenters. The van der Waals surface area contributed by atoms with E-state index in [2.05, 4.69) is 53.1 Å². The molecule has 26 heavy (non-hydrogen) atoms. The van der Waals surface area contributed by atoms with Gasteiger partial charge in [-0.2, -0.15) is 0 Å². The second-order valence-corrected chi connectivity index (χ2v) is 10.3. The number of likely N-dealkylation sites (tertiary alicyclic amines) is 1. The summed E-state index contributed by atoms with van der Waals surface area (Å²) >= 11 is 10.7. The predicted molar refractivity (Wildman–Crippen MR) is 108 cm³/mol. The van der Waals surface area contributed by atoms with Gasteiger partial charge in [0.2, 0.25) is 17.7 Å². The maximum atomic E-state index is 13.0. The van der Waals surface area contributed by atoms with Gasteiger partial charge in [0.15, 0.2) is 0 Å². The quantitative estimate of drug-likeness (QED) is 0.464. The molecule has 4 rings (SSSR count). The van der Waals surface area contributed by atoms with E-state index in [1.807, 2.05) is 12.1 Å². The molecule has 1 heterocycles. The molecule has 1 aromatic rings. The van der Waals surface area contributed by atoms with Crippen LogP contribution in [0.5, 0.6) is 0 Å². The Labute approximate surface area is 176 Å². The molecule has 5 nitrogen and oxygen atoms in total. The molecule has 7 atom stereocenters. The van der Waals surface area contributed by atoms with Gasteiger partial charge in [0.05, 0.1) is 11.8 Å². The lowest BCUT2D eigenvalue weighted by Gasteiger charge is -2.28. The average Bonchev–Trinajstić information content (AvgIpc) is 3.21. The first kappa shape index (κ1) is 18.6. The molecule has 1 aliphatic heterocycles. The second kappa shape index (κ2) is 6.71. The first-order valence-corrected chi connectivity index (χ1v) is 11.1. The molecule has 2 saturated carbocycles. The van der Waals surface area contributed by atoms with Gasteiger partial charge in [0.25, 0.3) is 0 Å². The lowest BCUT2D eigenvalue weighted by atomic mass is 9.81. The highest BCUT2D eigenvalue weighted by Gasteiger charge is 2.67. The van der Waals surface area contributed by atoms with Gasteiger partial charge in [-0.1, -0.05) is 47.8 Å². The Morgan fingerprint density at radius 2 is 1.58 bits per heavy atom. The molecule has 3 amide bonds. The lowest BCUT2D eigenvalue weighted by Crippen LogP contribution is -2.46. The fourth-order valence-electron chi connectivity index (χ4n) is 4.65. The Morgan fingerprint density at radius 3 is 2.08 bits per heavy atom. The zero-order valence-corrected chi connectivity index (χ0v) is 18.6. The van der Waals surface area contributed by atoms with E-state index in [-0.39, 0.29) is 51.0 Å². The van der Waals surface area contributed by atoms with Crippen LogP contribution in [0, 0.1) is 23.7 Å². The van der Waals surface area contributed by atoms with Crippen LogP contribution in [0.2, 0.25) is 0 Å². The van der Waals surface area contributed by atoms with Gasteiger partial charge in [-0.15, -0.1) is 0 Å². The molecule has 138 valence electrons. The first-order chi connectivity index (χ1) is 12.3. The van der Waals surface area contributed by atoms with Crippen molar-refractivity contribution in [2.45, 2.75) is 29.0 Å². The topological polar surface area (TPSA) is 66.5 Å². The van der Waals surface area contributed by atoms with Gasteiger partial charge in [0, 0.05) is 19.8 Å². The van der Waals surface area contributed by atoms with Crippen molar-refractivity contribution in [3.63, 3.8) is 0 Å². The first-order valence-electron chi connectivity index (χ1n) is 8.52. The van der Waals surface area contributed by atoms with E-state index in [0.29, 0.717) is 5.69 Å². The van der Waals surface area contributed by atoms with Crippen LogP contribution in [0.4, 0.5) is 5.69 Å². The summed E-state index contributed by atoms with van der Waals surface area (Å²) < 4.78 is 0.908. The summed E-state index contributed by atoms with van der Waals surface area (Å²) in [4.78, 5) is 40.1. The summed E-state index contributed by atoms with van der Waals surface area (Å²) in [6.45, 7) is 1.62. The highest BCUT2D eigenvalue weighted by atomic mass is 79.9. The van der Waals surface area contributed by atoms with Crippen molar-refractivity contribution in [3.05, 3.63) is 28.7 Å². The Bertz CT molecular complexity index is 752. The zero-order chi connectivity index (χ0) is 18.7. The van der Waals surface area contributed by atoms with Crippen LogP contribution in [0.1, 0.15) is 13.3 Å². The van der Waals surface area contributed by atoms with Gasteiger partial charge in [-0.3, -0.25) is 19.3 Å². The molecule has 2 aliphatic carbocycles. The van der Waals surface area contributed by atoms with Crippen molar-refractivity contribution in [1.29, 1.82) is 0 Å². The molecule has 1 N–H and O–H groups in total. The summed E-state index contributed by atoms with van der Waals surface area (Å²) in [6, 6.07) is 6.34. The Kier molecular flexibility index (Phi) is 4.80. The van der Waals surface area contributed by atoms with Crippen molar-refractivity contribution in [1.82, 2.24) is 4.90 Å². The average molecular weight is 549 g/mol. The van der Waals surface area contributed by atoms with Crippen LogP contribution in [0.25, 0.3) is 0 Å². The SMILES string of the molecule is C[C@H](C(=O)Nc1ccc(Br)cc1)N1C(=O)[C@@H]2[C@H]3C[C@@H]([C@H](Br)[C@H]3Br)[C@@H]2C1=O. The van der Waals surface area contributed by atoms with E-state index in [0.717, 1.165) is 10.9 Å². The van der Waals surface area contributed by atoms with E-state index in [4.69, 9.17) is 0 Å². The molecule has 3 fully saturated rings. The van der Waals surface area contributed by atoms with Crippen LogP contribution < -0.4 is 5.32 Å². The number of carbonyl (C=O) groups excluding carboxylic acids is 3. The fraction of sp³-hybridized carbons (Fsp3) is 0.500. The number of benzene rings is 1. The number of carbonyl (C=O) groups is 3. The normalized spacial score (nSPS) is 36.4. The fourth-order valence-corrected chi connectivity index (χ4v) is 6.79. The second-order valence-electron chi connectivity index (χ2n) is 7.22. The number of halogens is 3. The number of alkyl halides is 2. The molecule has 3 aliphatic rings. The van der Waals surface area contributed by atoms with Gasteiger partial charge >= 0.3 is 0 Å². The van der Waals surface area contributed by atoms with Crippen molar-refractivity contribution < 1.29 is 14.4 Å². The Hall–Kier alpha value is -0.730. The number of nitrogens with one attached hydrogen (secondary N) is 1. The third-order valence-corrected chi connectivity index (χ3v) is 9.63. The number of rotatable bonds is 3. The van der Waals surface area contributed by atoms with Crippen molar-refractivity contribution in [2.75, 3.05) is 5.32 Å². The van der Waals surface area contributed by atoms with Gasteiger partial charge in [-0.05, 0) is 49.4 Å². The van der Waals surface area contributed by atoms with E-state index < -0.39 is 6.04 Å². The van der Waals surface area contributed by atoms with Crippen LogP contribution >= 0.6 is 47.8 Å². The standard InChI is InChI=1S/C18H17Br3N2O3/c1-7(16(24)22-9-4-2-8(19)3-5-9)23-17(25)12-10-6-11(13(12)18(23)26)15(21)14(10)20/h2-5,7,10-15H,6H2,1H3,(H,22,24)/t7-,10-,11-,12-,13+,14+,15+/m1/s1. The summed E-state index contributed by atoms with van der Waals surface area (Å²) in [5.74, 6) is -1.05. The summed E-state index contributed by atoms with van der Waals surface area (Å²) in [5, 5.41) is 2.78. The summed E-state index contributed by atoms with van der Waals surface area (Å²) in [5.41, 5.74) is 0.630. The highest BCUT2D eigenvalue weighted by molar-refractivity contribution is 9.12. The monoisotopic (exact) mass is 546 g/mol. The molecule has 8 heteroatoms. The van der Waals surface area contributed by atoms with E-state index in [9.17, 15) is 14.4 Å². The molecule has 2 bridgehead atoms. The maximum Gasteiger partial charge on any atom is 0.247 e. The predicted octanol–water partition coefficient (Wildman–Crippen LogP) is 3.55. The molecular formula is C18H17Br3N2O3. The molecular weight excluding hydrogens is 532 g/mol. The minimum absolute atomic E-state index is 0.151. The Balaban J connectivity index is 1.53. The smallest absolute Gasteiger partial charge is 0.247 e. The maximum absolute atomic E-state index is 13.0. The van der Waals surface area contributed by atoms with Gasteiger partial charge in [0.1, 0.15) is 6.04 Å². The zero-order valence-electron chi connectivity index (χ0n) is 13.9. The molecule has 0 radical (unpaired) electrons. The number of fused-ring (bicyclic) bond motifs is 5. The Morgan fingerprint density at radius 1 is 1.08 bits per heavy atom. The minimum atomic E-state index is -0.828. The van der Waals surface area contributed by atoms with Crippen LogP contribution in [0.15, 0.2) is 28.7 Å².